The zero-order valence-corrected chi connectivity index (χ0v) is 15.3. The standard InChI is InChI=1S/C20H36OS/c21-17-19-22-18-13-11-9-7-5-3-1-2-4-6-8-10-12-14-20-15-16-20/h20-21H,1-11,13,15-19H2. The Labute approximate surface area is 143 Å². The van der Waals surface area contributed by atoms with Gasteiger partial charge in [-0.3, -0.25) is 0 Å². The summed E-state index contributed by atoms with van der Waals surface area (Å²) in [4.78, 5) is 0. The lowest BCUT2D eigenvalue weighted by atomic mass is 10.1. The topological polar surface area (TPSA) is 20.2 Å². The van der Waals surface area contributed by atoms with Crippen molar-refractivity contribution in [3.63, 3.8) is 0 Å². The fourth-order valence-corrected chi connectivity index (χ4v) is 3.36. The van der Waals surface area contributed by atoms with Gasteiger partial charge in [0.1, 0.15) is 0 Å². The molecular weight excluding hydrogens is 288 g/mol. The third kappa shape index (κ3) is 14.8. The summed E-state index contributed by atoms with van der Waals surface area (Å²) in [5.74, 6) is 9.59. The molecular formula is C20H36OS. The monoisotopic (exact) mass is 324 g/mol. The van der Waals surface area contributed by atoms with Crippen LogP contribution in [0, 0.1) is 17.8 Å². The molecule has 22 heavy (non-hydrogen) atoms. The van der Waals surface area contributed by atoms with E-state index in [4.69, 9.17) is 5.11 Å². The molecule has 1 fully saturated rings. The summed E-state index contributed by atoms with van der Waals surface area (Å²) in [5, 5.41) is 8.68. The average molecular weight is 325 g/mol. The number of thioether (sulfide) groups is 1. The SMILES string of the molecule is OCCSCCCCCCCCCCCCCC#CC1CC1. The van der Waals surface area contributed by atoms with E-state index in [0.717, 1.165) is 18.1 Å². The first-order valence-corrected chi connectivity index (χ1v) is 10.8. The van der Waals surface area contributed by atoms with Crippen molar-refractivity contribution in [2.45, 2.75) is 89.9 Å². The van der Waals surface area contributed by atoms with Crippen LogP contribution in [0.1, 0.15) is 89.9 Å². The lowest BCUT2D eigenvalue weighted by Crippen LogP contribution is -1.89. The third-order valence-electron chi connectivity index (χ3n) is 4.21. The zero-order chi connectivity index (χ0) is 15.7. The normalized spacial score (nSPS) is 13.9. The minimum atomic E-state index is 0.332. The molecule has 1 N–H and O–H groups in total. The lowest BCUT2D eigenvalue weighted by Gasteiger charge is -2.02. The van der Waals surface area contributed by atoms with Crippen molar-refractivity contribution in [1.29, 1.82) is 0 Å². The number of aliphatic hydroxyl groups excluding tert-OH is 1. The van der Waals surface area contributed by atoms with E-state index in [0.29, 0.717) is 6.61 Å². The summed E-state index contributed by atoms with van der Waals surface area (Å²) >= 11 is 1.88. The first kappa shape index (κ1) is 19.9. The van der Waals surface area contributed by atoms with Crippen LogP contribution in [0.3, 0.4) is 0 Å². The van der Waals surface area contributed by atoms with Gasteiger partial charge in [-0.2, -0.15) is 11.8 Å². The van der Waals surface area contributed by atoms with Gasteiger partial charge in [-0.25, -0.2) is 0 Å². The maximum absolute atomic E-state index is 8.68. The van der Waals surface area contributed by atoms with Crippen molar-refractivity contribution < 1.29 is 5.11 Å². The van der Waals surface area contributed by atoms with Crippen LogP contribution >= 0.6 is 11.8 Å². The Balaban J connectivity index is 1.64. The molecule has 2 heteroatoms. The molecule has 1 saturated carbocycles. The quantitative estimate of drug-likeness (QED) is 0.303. The molecule has 0 atom stereocenters. The molecule has 0 unspecified atom stereocenters. The first-order chi connectivity index (χ1) is 10.9. The van der Waals surface area contributed by atoms with Crippen molar-refractivity contribution in [3.8, 4) is 11.8 Å². The molecule has 0 amide bonds. The highest BCUT2D eigenvalue weighted by molar-refractivity contribution is 7.99. The van der Waals surface area contributed by atoms with E-state index in [1.54, 1.807) is 0 Å². The predicted molar refractivity (Wildman–Crippen MR) is 100 cm³/mol. The van der Waals surface area contributed by atoms with Gasteiger partial charge in [0, 0.05) is 18.1 Å². The smallest absolute Gasteiger partial charge is 0.0521 e. The molecule has 0 aromatic rings. The molecule has 0 heterocycles. The van der Waals surface area contributed by atoms with Gasteiger partial charge in [0.05, 0.1) is 6.61 Å². The number of hydrogen-bond donors (Lipinski definition) is 1. The summed E-state index contributed by atoms with van der Waals surface area (Å²) < 4.78 is 0. The second kappa shape index (κ2) is 15.8. The van der Waals surface area contributed by atoms with Crippen LogP contribution < -0.4 is 0 Å². The zero-order valence-electron chi connectivity index (χ0n) is 14.5. The predicted octanol–water partition coefficient (Wildman–Crippen LogP) is 5.81. The largest absolute Gasteiger partial charge is 0.396 e. The van der Waals surface area contributed by atoms with Gasteiger partial charge < -0.3 is 5.11 Å². The summed E-state index contributed by atoms with van der Waals surface area (Å²) in [6, 6.07) is 0. The van der Waals surface area contributed by atoms with Crippen LogP contribution in [0.5, 0.6) is 0 Å². The highest BCUT2D eigenvalue weighted by Crippen LogP contribution is 2.27. The van der Waals surface area contributed by atoms with E-state index >= 15 is 0 Å². The summed E-state index contributed by atoms with van der Waals surface area (Å²) in [6.07, 6.45) is 19.2. The molecule has 0 spiro atoms. The van der Waals surface area contributed by atoms with E-state index in [1.807, 2.05) is 11.8 Å². The Morgan fingerprint density at radius 1 is 0.727 bits per heavy atom. The Morgan fingerprint density at radius 2 is 1.27 bits per heavy atom. The fraction of sp³-hybridized carbons (Fsp3) is 0.900. The molecule has 0 bridgehead atoms. The van der Waals surface area contributed by atoms with Crippen LogP contribution in [0.15, 0.2) is 0 Å². The number of aliphatic hydroxyl groups is 1. The molecule has 0 aromatic heterocycles. The van der Waals surface area contributed by atoms with Gasteiger partial charge in [0.25, 0.3) is 0 Å². The second-order valence-electron chi connectivity index (χ2n) is 6.57. The fourth-order valence-electron chi connectivity index (χ4n) is 2.62. The van der Waals surface area contributed by atoms with Crippen LogP contribution in [0.25, 0.3) is 0 Å². The molecule has 1 rings (SSSR count). The van der Waals surface area contributed by atoms with Crippen LogP contribution in [0.4, 0.5) is 0 Å². The van der Waals surface area contributed by atoms with Crippen LogP contribution in [-0.2, 0) is 0 Å². The van der Waals surface area contributed by atoms with Gasteiger partial charge in [-0.1, -0.05) is 63.7 Å². The van der Waals surface area contributed by atoms with Gasteiger partial charge >= 0.3 is 0 Å². The summed E-state index contributed by atoms with van der Waals surface area (Å²) in [6.45, 7) is 0.332. The molecule has 1 aliphatic carbocycles. The first-order valence-electron chi connectivity index (χ1n) is 9.60. The molecule has 128 valence electrons. The van der Waals surface area contributed by atoms with Crippen LogP contribution in [-0.4, -0.2) is 23.2 Å². The van der Waals surface area contributed by atoms with Gasteiger partial charge in [-0.05, 0) is 31.4 Å². The van der Waals surface area contributed by atoms with E-state index in [-0.39, 0.29) is 0 Å². The minimum absolute atomic E-state index is 0.332. The molecule has 0 aliphatic heterocycles. The summed E-state index contributed by atoms with van der Waals surface area (Å²) in [7, 11) is 0. The highest BCUT2D eigenvalue weighted by Gasteiger charge is 2.17. The third-order valence-corrected chi connectivity index (χ3v) is 5.26. The molecule has 0 aromatic carbocycles. The maximum atomic E-state index is 8.68. The number of rotatable bonds is 15. The van der Waals surface area contributed by atoms with Crippen molar-refractivity contribution in [2.75, 3.05) is 18.1 Å². The minimum Gasteiger partial charge on any atom is -0.396 e. The molecule has 1 nitrogen and oxygen atoms in total. The van der Waals surface area contributed by atoms with E-state index in [2.05, 4.69) is 11.8 Å². The number of unbranched alkanes of at least 4 members (excludes halogenated alkanes) is 11. The van der Waals surface area contributed by atoms with Crippen LogP contribution in [0.2, 0.25) is 0 Å². The Bertz CT molecular complexity index is 288. The van der Waals surface area contributed by atoms with Gasteiger partial charge in [-0.15, -0.1) is 5.92 Å². The van der Waals surface area contributed by atoms with Gasteiger partial charge in [0.15, 0.2) is 0 Å². The molecule has 1 aliphatic rings. The van der Waals surface area contributed by atoms with Crippen molar-refractivity contribution >= 4 is 11.8 Å². The molecule has 0 saturated heterocycles. The highest BCUT2D eigenvalue weighted by atomic mass is 32.2. The maximum Gasteiger partial charge on any atom is 0.0521 e. The summed E-state index contributed by atoms with van der Waals surface area (Å²) in [5.41, 5.74) is 0. The van der Waals surface area contributed by atoms with Crippen molar-refractivity contribution in [2.24, 2.45) is 5.92 Å². The Kier molecular flexibility index (Phi) is 14.3. The van der Waals surface area contributed by atoms with E-state index in [9.17, 15) is 0 Å². The average Bonchev–Trinajstić information content (AvgIpc) is 3.34. The Morgan fingerprint density at radius 3 is 1.82 bits per heavy atom. The lowest BCUT2D eigenvalue weighted by molar-refractivity contribution is 0.322. The van der Waals surface area contributed by atoms with Gasteiger partial charge in [0.2, 0.25) is 0 Å². The van der Waals surface area contributed by atoms with E-state index < -0.39 is 0 Å². The van der Waals surface area contributed by atoms with Crippen molar-refractivity contribution in [3.05, 3.63) is 0 Å². The van der Waals surface area contributed by atoms with Crippen molar-refractivity contribution in [1.82, 2.24) is 0 Å². The Hall–Kier alpha value is -0.130. The molecule has 0 radical (unpaired) electrons. The number of hydrogen-bond acceptors (Lipinski definition) is 2. The van der Waals surface area contributed by atoms with E-state index in [1.165, 1.54) is 89.2 Å². The second-order valence-corrected chi connectivity index (χ2v) is 7.80.